The summed E-state index contributed by atoms with van der Waals surface area (Å²) in [6, 6.07) is 6.01. The molecule has 11 heteroatoms. The molecule has 3 heterocycles. The van der Waals surface area contributed by atoms with Gasteiger partial charge < -0.3 is 14.6 Å². The quantitative estimate of drug-likeness (QED) is 0.388. The molecule has 1 aliphatic rings. The van der Waals surface area contributed by atoms with Crippen molar-refractivity contribution < 1.29 is 13.2 Å². The van der Waals surface area contributed by atoms with Gasteiger partial charge in [0.1, 0.15) is 6.33 Å². The lowest BCUT2D eigenvalue weighted by molar-refractivity contribution is 0.253. The van der Waals surface area contributed by atoms with E-state index in [1.165, 1.54) is 17.9 Å². The van der Waals surface area contributed by atoms with Crippen LogP contribution < -0.4 is 19.7 Å². The topological polar surface area (TPSA) is 103 Å². The van der Waals surface area contributed by atoms with Gasteiger partial charge in [-0.3, -0.25) is 4.90 Å². The molecule has 0 radical (unpaired) electrons. The normalized spacial score (nSPS) is 15.5. The number of fused-ring (bicyclic) bond motifs is 1. The van der Waals surface area contributed by atoms with E-state index in [1.54, 1.807) is 19.6 Å². The second kappa shape index (κ2) is 10.9. The number of aromatic nitrogens is 3. The average molecular weight is 531 g/mol. The maximum atomic E-state index is 12.1. The van der Waals surface area contributed by atoms with Gasteiger partial charge in [0, 0.05) is 42.4 Å². The van der Waals surface area contributed by atoms with E-state index in [0.717, 1.165) is 67.8 Å². The summed E-state index contributed by atoms with van der Waals surface area (Å²) in [5, 5.41) is 2.53. The number of aryl methyl sites for hydroxylation is 1. The van der Waals surface area contributed by atoms with Crippen molar-refractivity contribution in [3.63, 3.8) is 0 Å². The Balaban J connectivity index is 1.44. The summed E-state index contributed by atoms with van der Waals surface area (Å²) in [5.74, 6) is 1.57. The number of anilines is 1. The Bertz CT molecular complexity index is 1300. The number of rotatable bonds is 10. The van der Waals surface area contributed by atoms with Gasteiger partial charge in [-0.05, 0) is 49.7 Å². The van der Waals surface area contributed by atoms with Crippen LogP contribution in [0.4, 0.5) is 5.82 Å². The molecule has 1 aliphatic heterocycles. The van der Waals surface area contributed by atoms with E-state index in [0.29, 0.717) is 5.75 Å². The molecule has 9 nitrogen and oxygen atoms in total. The maximum absolute atomic E-state index is 12.1. The molecule has 0 bridgehead atoms. The van der Waals surface area contributed by atoms with Crippen molar-refractivity contribution in [1.82, 2.24) is 24.6 Å². The minimum absolute atomic E-state index is 0.00621. The van der Waals surface area contributed by atoms with Gasteiger partial charge in [0.2, 0.25) is 10.0 Å². The summed E-state index contributed by atoms with van der Waals surface area (Å²) >= 11 is 0. The van der Waals surface area contributed by atoms with Gasteiger partial charge in [0.05, 0.1) is 27.1 Å². The van der Waals surface area contributed by atoms with Crippen molar-refractivity contribution in [2.45, 2.75) is 38.2 Å². The van der Waals surface area contributed by atoms with Crippen LogP contribution in [0.5, 0.6) is 5.75 Å². The molecule has 2 N–H and O–H groups in total. The van der Waals surface area contributed by atoms with Gasteiger partial charge in [-0.1, -0.05) is 25.7 Å². The van der Waals surface area contributed by atoms with E-state index in [-0.39, 0.29) is 5.75 Å². The summed E-state index contributed by atoms with van der Waals surface area (Å²) in [4.78, 5) is 16.9. The van der Waals surface area contributed by atoms with E-state index in [4.69, 9.17) is 4.74 Å². The van der Waals surface area contributed by atoms with Crippen LogP contribution in [0.2, 0.25) is 19.6 Å². The van der Waals surface area contributed by atoms with Crippen LogP contribution >= 0.6 is 0 Å². The van der Waals surface area contributed by atoms with Crippen LogP contribution in [-0.2, 0) is 22.2 Å². The summed E-state index contributed by atoms with van der Waals surface area (Å²) in [5.41, 5.74) is 3.27. The first-order valence-corrected chi connectivity index (χ1v) is 17.6. The smallest absolute Gasteiger partial charge is 0.215 e. The Labute approximate surface area is 215 Å². The largest absolute Gasteiger partial charge is 0.491 e. The van der Waals surface area contributed by atoms with Crippen LogP contribution in [-0.4, -0.2) is 83.2 Å². The molecule has 0 amide bonds. The third kappa shape index (κ3) is 6.08. The number of ether oxygens (including phenoxy) is 1. The summed E-state index contributed by atoms with van der Waals surface area (Å²) in [6.45, 7) is 11.9. The molecule has 0 saturated carbocycles. The van der Waals surface area contributed by atoms with E-state index in [9.17, 15) is 8.42 Å². The van der Waals surface area contributed by atoms with Gasteiger partial charge >= 0.3 is 0 Å². The van der Waals surface area contributed by atoms with Crippen molar-refractivity contribution >= 4 is 40.1 Å². The first-order valence-electron chi connectivity index (χ1n) is 12.5. The molecule has 196 valence electrons. The molecular formula is C25H38N6O3SSi. The first-order chi connectivity index (χ1) is 17.1. The molecule has 1 fully saturated rings. The second-order valence-corrected chi connectivity index (χ2v) is 17.3. The van der Waals surface area contributed by atoms with Crippen molar-refractivity contribution in [3.05, 3.63) is 41.9 Å². The number of piperazine rings is 1. The molecule has 0 atom stereocenters. The standard InChI is InChI=1S/C25H38N6O3SSi/c1-26-35(32,33)17-19-8-9-22-21(15-19)20(25(29-22)36(3,4)5)7-6-10-30-11-13-31(14-12-30)24-23(34-2)16-27-18-28-24/h8-9,15-16,18,26,29H,6-7,10-14,17H2,1-5H3. The highest BCUT2D eigenvalue weighted by molar-refractivity contribution is 7.88. The van der Waals surface area contributed by atoms with Crippen LogP contribution in [0, 0.1) is 0 Å². The lowest BCUT2D eigenvalue weighted by Crippen LogP contribution is -2.47. The fourth-order valence-corrected chi connectivity index (χ4v) is 7.37. The number of hydrogen-bond donors (Lipinski definition) is 2. The van der Waals surface area contributed by atoms with Gasteiger partial charge in [-0.25, -0.2) is 23.1 Å². The van der Waals surface area contributed by atoms with Crippen LogP contribution in [0.1, 0.15) is 17.5 Å². The Morgan fingerprint density at radius 1 is 1.17 bits per heavy atom. The van der Waals surface area contributed by atoms with Crippen LogP contribution in [0.25, 0.3) is 10.9 Å². The lowest BCUT2D eigenvalue weighted by atomic mass is 10.1. The molecular weight excluding hydrogens is 492 g/mol. The number of methoxy groups -OCH3 is 1. The van der Waals surface area contributed by atoms with E-state index in [2.05, 4.69) is 55.2 Å². The van der Waals surface area contributed by atoms with Crippen LogP contribution in [0.15, 0.2) is 30.7 Å². The summed E-state index contributed by atoms with van der Waals surface area (Å²) in [6.07, 6.45) is 5.31. The summed E-state index contributed by atoms with van der Waals surface area (Å²) in [7, 11) is -1.81. The highest BCUT2D eigenvalue weighted by Crippen LogP contribution is 2.26. The van der Waals surface area contributed by atoms with E-state index < -0.39 is 18.1 Å². The van der Waals surface area contributed by atoms with Gasteiger partial charge in [0.15, 0.2) is 11.6 Å². The third-order valence-corrected chi connectivity index (χ3v) is 10.1. The number of nitrogens with one attached hydrogen (secondary N) is 2. The van der Waals surface area contributed by atoms with Gasteiger partial charge in [0.25, 0.3) is 0 Å². The highest BCUT2D eigenvalue weighted by atomic mass is 32.2. The van der Waals surface area contributed by atoms with Crippen molar-refractivity contribution in [1.29, 1.82) is 0 Å². The minimum atomic E-state index is -3.31. The molecule has 0 aliphatic carbocycles. The van der Waals surface area contributed by atoms with Crippen molar-refractivity contribution in [3.8, 4) is 5.75 Å². The van der Waals surface area contributed by atoms with E-state index in [1.807, 2.05) is 12.1 Å². The molecule has 4 rings (SSSR count). The van der Waals surface area contributed by atoms with Gasteiger partial charge in [-0.15, -0.1) is 0 Å². The molecule has 1 saturated heterocycles. The fourth-order valence-electron chi connectivity index (χ4n) is 4.93. The number of benzene rings is 1. The van der Waals surface area contributed by atoms with Gasteiger partial charge in [-0.2, -0.15) is 0 Å². The second-order valence-electron chi connectivity index (χ2n) is 10.4. The Morgan fingerprint density at radius 3 is 2.58 bits per heavy atom. The number of H-pyrrole nitrogens is 1. The molecule has 2 aromatic heterocycles. The zero-order valence-corrected chi connectivity index (χ0v) is 23.8. The Hall–Kier alpha value is -2.47. The number of aromatic amines is 1. The average Bonchev–Trinajstić information content (AvgIpc) is 3.23. The first kappa shape index (κ1) is 26.6. The predicted octanol–water partition coefficient (Wildman–Crippen LogP) is 2.32. The minimum Gasteiger partial charge on any atom is -0.491 e. The molecule has 1 aromatic carbocycles. The number of hydrogen-bond acceptors (Lipinski definition) is 7. The van der Waals surface area contributed by atoms with E-state index >= 15 is 0 Å². The van der Waals surface area contributed by atoms with Crippen LogP contribution in [0.3, 0.4) is 0 Å². The lowest BCUT2D eigenvalue weighted by Gasteiger charge is -2.35. The zero-order valence-electron chi connectivity index (χ0n) is 22.0. The molecule has 3 aromatic rings. The monoisotopic (exact) mass is 530 g/mol. The molecule has 0 spiro atoms. The number of sulfonamides is 1. The zero-order chi connectivity index (χ0) is 25.9. The predicted molar refractivity (Wildman–Crippen MR) is 149 cm³/mol. The molecule has 0 unspecified atom stereocenters. The number of nitrogens with zero attached hydrogens (tertiary/aromatic N) is 4. The maximum Gasteiger partial charge on any atom is 0.215 e. The van der Waals surface area contributed by atoms with Crippen molar-refractivity contribution in [2.24, 2.45) is 0 Å². The van der Waals surface area contributed by atoms with Crippen molar-refractivity contribution in [2.75, 3.05) is 51.8 Å². The Kier molecular flexibility index (Phi) is 8.03. The fraction of sp³-hybridized carbons (Fsp3) is 0.520. The Morgan fingerprint density at radius 2 is 1.92 bits per heavy atom. The third-order valence-electron chi connectivity index (χ3n) is 6.84. The SMILES string of the molecule is CNS(=O)(=O)Cc1ccc2[nH]c([Si](C)(C)C)c(CCCN3CCN(c4ncncc4OC)CC3)c2c1. The highest BCUT2D eigenvalue weighted by Gasteiger charge is 2.25. The molecule has 36 heavy (non-hydrogen) atoms. The summed E-state index contributed by atoms with van der Waals surface area (Å²) < 4.78 is 32.1.